The first-order valence-electron chi connectivity index (χ1n) is 6.60. The van der Waals surface area contributed by atoms with Crippen molar-refractivity contribution in [1.29, 1.82) is 0 Å². The molecule has 0 aromatic carbocycles. The van der Waals surface area contributed by atoms with E-state index in [0.29, 0.717) is 18.8 Å². The van der Waals surface area contributed by atoms with Gasteiger partial charge in [-0.25, -0.2) is 18.1 Å². The van der Waals surface area contributed by atoms with E-state index in [0.717, 1.165) is 19.3 Å². The molecule has 2 rings (SSSR count). The maximum absolute atomic E-state index is 12.2. The summed E-state index contributed by atoms with van der Waals surface area (Å²) >= 11 is 0. The number of H-pyrrole nitrogens is 1. The molecule has 1 saturated carbocycles. The summed E-state index contributed by atoms with van der Waals surface area (Å²) in [4.78, 5) is 8.97. The largest absolute Gasteiger partial charge is 0.332 e. The number of rotatable bonds is 6. The number of aromatic amines is 1. The molecule has 0 saturated heterocycles. The van der Waals surface area contributed by atoms with Gasteiger partial charge in [0.25, 0.3) is 10.0 Å². The van der Waals surface area contributed by atoms with E-state index < -0.39 is 10.0 Å². The van der Waals surface area contributed by atoms with E-state index in [1.54, 1.807) is 0 Å². The molecule has 0 amide bonds. The Morgan fingerprint density at radius 1 is 1.47 bits per heavy atom. The van der Waals surface area contributed by atoms with Crippen molar-refractivity contribution in [2.75, 3.05) is 20.6 Å². The van der Waals surface area contributed by atoms with E-state index in [9.17, 15) is 8.42 Å². The molecule has 0 aliphatic heterocycles. The third-order valence-electron chi connectivity index (χ3n) is 4.05. The van der Waals surface area contributed by atoms with E-state index in [2.05, 4.69) is 19.6 Å². The van der Waals surface area contributed by atoms with Gasteiger partial charge < -0.3 is 9.88 Å². The van der Waals surface area contributed by atoms with Crippen LogP contribution in [0.25, 0.3) is 0 Å². The van der Waals surface area contributed by atoms with Crippen molar-refractivity contribution in [3.8, 4) is 0 Å². The number of aromatic nitrogens is 2. The minimum atomic E-state index is -3.49. The van der Waals surface area contributed by atoms with E-state index in [-0.39, 0.29) is 10.6 Å². The van der Waals surface area contributed by atoms with E-state index in [4.69, 9.17) is 0 Å². The third-order valence-corrected chi connectivity index (χ3v) is 5.36. The Hall–Kier alpha value is -0.920. The van der Waals surface area contributed by atoms with Crippen molar-refractivity contribution in [2.24, 2.45) is 0 Å². The summed E-state index contributed by atoms with van der Waals surface area (Å²) in [7, 11) is 0.511. The molecule has 1 aromatic rings. The van der Waals surface area contributed by atoms with Gasteiger partial charge in [-0.2, -0.15) is 0 Å². The SMILES string of the molecule is CCc1ncc(S(=O)(=O)NCC2(N(C)C)CCC2)[nH]1. The Balaban J connectivity index is 2.05. The second kappa shape index (κ2) is 5.22. The molecule has 0 spiro atoms. The van der Waals surface area contributed by atoms with Gasteiger partial charge in [0.2, 0.25) is 0 Å². The van der Waals surface area contributed by atoms with Crippen LogP contribution in [0.2, 0.25) is 0 Å². The van der Waals surface area contributed by atoms with Crippen LogP contribution in [0.4, 0.5) is 0 Å². The highest BCUT2D eigenvalue weighted by Crippen LogP contribution is 2.35. The van der Waals surface area contributed by atoms with Crippen molar-refractivity contribution in [3.63, 3.8) is 0 Å². The van der Waals surface area contributed by atoms with Gasteiger partial charge in [-0.15, -0.1) is 0 Å². The number of imidazole rings is 1. The highest BCUT2D eigenvalue weighted by Gasteiger charge is 2.39. The summed E-state index contributed by atoms with van der Waals surface area (Å²) in [5.74, 6) is 0.686. The van der Waals surface area contributed by atoms with Gasteiger partial charge in [0, 0.05) is 18.5 Å². The van der Waals surface area contributed by atoms with Gasteiger partial charge in [-0.3, -0.25) is 0 Å². The molecule has 6 nitrogen and oxygen atoms in total. The lowest BCUT2D eigenvalue weighted by Gasteiger charge is -2.47. The highest BCUT2D eigenvalue weighted by atomic mass is 32.2. The summed E-state index contributed by atoms with van der Waals surface area (Å²) in [6.07, 6.45) is 5.29. The van der Waals surface area contributed by atoms with Gasteiger partial charge in [0.15, 0.2) is 5.03 Å². The molecule has 7 heteroatoms. The summed E-state index contributed by atoms with van der Waals surface area (Å²) in [6.45, 7) is 2.38. The molecule has 1 heterocycles. The van der Waals surface area contributed by atoms with Crippen LogP contribution in [-0.2, 0) is 16.4 Å². The van der Waals surface area contributed by atoms with E-state index in [1.807, 2.05) is 21.0 Å². The Morgan fingerprint density at radius 2 is 2.16 bits per heavy atom. The first-order valence-corrected chi connectivity index (χ1v) is 8.09. The molecule has 0 unspecified atom stereocenters. The third kappa shape index (κ3) is 2.82. The normalized spacial score (nSPS) is 18.5. The molecule has 1 aliphatic carbocycles. The molecule has 108 valence electrons. The van der Waals surface area contributed by atoms with Crippen LogP contribution in [0, 0.1) is 0 Å². The Kier molecular flexibility index (Phi) is 3.98. The fraction of sp³-hybridized carbons (Fsp3) is 0.750. The Bertz CT molecular complexity index is 532. The lowest BCUT2D eigenvalue weighted by molar-refractivity contribution is 0.0656. The van der Waals surface area contributed by atoms with Gasteiger partial charge in [0.05, 0.1) is 6.20 Å². The van der Waals surface area contributed by atoms with Crippen molar-refractivity contribution in [3.05, 3.63) is 12.0 Å². The van der Waals surface area contributed by atoms with Crippen LogP contribution in [0.15, 0.2) is 11.2 Å². The zero-order chi connectivity index (χ0) is 14.1. The van der Waals surface area contributed by atoms with Crippen LogP contribution in [0.1, 0.15) is 32.0 Å². The van der Waals surface area contributed by atoms with Gasteiger partial charge in [-0.1, -0.05) is 6.92 Å². The molecule has 1 fully saturated rings. The minimum Gasteiger partial charge on any atom is -0.332 e. The predicted octanol–water partition coefficient (Wildman–Crippen LogP) is 0.735. The lowest BCUT2D eigenvalue weighted by Crippen LogP contribution is -2.57. The minimum absolute atomic E-state index is 0.0271. The number of aryl methyl sites for hydroxylation is 1. The molecule has 0 radical (unpaired) electrons. The second-order valence-corrected chi connectivity index (χ2v) is 7.08. The van der Waals surface area contributed by atoms with Crippen molar-refractivity contribution >= 4 is 10.0 Å². The number of hydrogen-bond acceptors (Lipinski definition) is 4. The number of sulfonamides is 1. The Morgan fingerprint density at radius 3 is 2.58 bits per heavy atom. The zero-order valence-electron chi connectivity index (χ0n) is 11.7. The van der Waals surface area contributed by atoms with Crippen LogP contribution in [0.3, 0.4) is 0 Å². The summed E-state index contributed by atoms with van der Waals surface area (Å²) < 4.78 is 27.0. The first-order chi connectivity index (χ1) is 8.89. The van der Waals surface area contributed by atoms with Gasteiger partial charge in [0.1, 0.15) is 5.82 Å². The fourth-order valence-electron chi connectivity index (χ4n) is 2.33. The predicted molar refractivity (Wildman–Crippen MR) is 73.4 cm³/mol. The Labute approximate surface area is 114 Å². The molecular weight excluding hydrogens is 264 g/mol. The number of likely N-dealkylation sites (N-methyl/N-ethyl adjacent to an activating group) is 1. The average Bonchev–Trinajstić information content (AvgIpc) is 2.76. The summed E-state index contributed by atoms with van der Waals surface area (Å²) in [5.41, 5.74) is -0.0271. The second-order valence-electron chi connectivity index (χ2n) is 5.34. The summed E-state index contributed by atoms with van der Waals surface area (Å²) in [6, 6.07) is 0. The van der Waals surface area contributed by atoms with E-state index in [1.165, 1.54) is 6.20 Å². The molecular formula is C12H22N4O2S. The molecule has 19 heavy (non-hydrogen) atoms. The fourth-order valence-corrected chi connectivity index (χ4v) is 3.39. The smallest absolute Gasteiger partial charge is 0.257 e. The quantitative estimate of drug-likeness (QED) is 0.808. The first kappa shape index (κ1) is 14.5. The lowest BCUT2D eigenvalue weighted by atomic mass is 9.76. The highest BCUT2D eigenvalue weighted by molar-refractivity contribution is 7.89. The van der Waals surface area contributed by atoms with Gasteiger partial charge in [-0.05, 0) is 33.4 Å². The molecule has 1 aliphatic rings. The summed E-state index contributed by atoms with van der Waals surface area (Å²) in [5, 5.41) is 0.151. The maximum Gasteiger partial charge on any atom is 0.257 e. The zero-order valence-corrected chi connectivity index (χ0v) is 12.5. The van der Waals surface area contributed by atoms with Crippen LogP contribution in [0.5, 0.6) is 0 Å². The standard InChI is InChI=1S/C12H22N4O2S/c1-4-10-13-8-11(15-10)19(17,18)14-9-12(16(2)3)6-5-7-12/h8,14H,4-7,9H2,1-3H3,(H,13,15). The van der Waals surface area contributed by atoms with Crippen molar-refractivity contribution in [2.45, 2.75) is 43.2 Å². The molecule has 2 N–H and O–H groups in total. The number of hydrogen-bond donors (Lipinski definition) is 2. The van der Waals surface area contributed by atoms with Crippen LogP contribution >= 0.6 is 0 Å². The number of nitrogens with zero attached hydrogens (tertiary/aromatic N) is 2. The van der Waals surface area contributed by atoms with Crippen molar-refractivity contribution in [1.82, 2.24) is 19.6 Å². The van der Waals surface area contributed by atoms with Crippen molar-refractivity contribution < 1.29 is 8.42 Å². The monoisotopic (exact) mass is 286 g/mol. The van der Waals surface area contributed by atoms with Crippen LogP contribution < -0.4 is 4.72 Å². The number of nitrogens with one attached hydrogen (secondary N) is 2. The topological polar surface area (TPSA) is 78.1 Å². The maximum atomic E-state index is 12.2. The average molecular weight is 286 g/mol. The molecule has 1 aromatic heterocycles. The van der Waals surface area contributed by atoms with Gasteiger partial charge >= 0.3 is 0 Å². The van der Waals surface area contributed by atoms with Crippen LogP contribution in [-0.4, -0.2) is 49.5 Å². The molecule has 0 bridgehead atoms. The van der Waals surface area contributed by atoms with E-state index >= 15 is 0 Å². The molecule has 0 atom stereocenters.